The van der Waals surface area contributed by atoms with Crippen molar-refractivity contribution in [3.8, 4) is 11.4 Å². The zero-order valence-corrected chi connectivity index (χ0v) is 16.8. The maximum atomic E-state index is 4.74. The van der Waals surface area contributed by atoms with Crippen LogP contribution in [0, 0.1) is 13.8 Å². The van der Waals surface area contributed by atoms with Crippen LogP contribution in [-0.4, -0.2) is 14.8 Å². The Morgan fingerprint density at radius 3 is 2.56 bits per heavy atom. The summed E-state index contributed by atoms with van der Waals surface area (Å²) in [5.41, 5.74) is 4.98. The van der Waals surface area contributed by atoms with E-state index in [4.69, 9.17) is 4.98 Å². The quantitative estimate of drug-likeness (QED) is 0.377. The Balaban J connectivity index is 1.82. The van der Waals surface area contributed by atoms with Gasteiger partial charge in [-0.2, -0.15) is 0 Å². The summed E-state index contributed by atoms with van der Waals surface area (Å²) in [6.45, 7) is 8.74. The van der Waals surface area contributed by atoms with Gasteiger partial charge in [-0.15, -0.1) is 11.7 Å². The molecule has 0 aliphatic carbocycles. The van der Waals surface area contributed by atoms with Crippen molar-refractivity contribution in [1.82, 2.24) is 14.8 Å². The molecule has 5 heteroatoms. The molecule has 0 N–H and O–H groups in total. The summed E-state index contributed by atoms with van der Waals surface area (Å²) < 4.78 is 2.95. The van der Waals surface area contributed by atoms with E-state index in [1.165, 1.54) is 16.7 Å². The van der Waals surface area contributed by atoms with Gasteiger partial charge in [-0.05, 0) is 42.7 Å². The lowest BCUT2D eigenvalue weighted by Crippen LogP contribution is -2.00. The van der Waals surface area contributed by atoms with Gasteiger partial charge in [0.15, 0.2) is 5.82 Å². The largest absolute Gasteiger partial charge is 0.241 e. The van der Waals surface area contributed by atoms with Crippen molar-refractivity contribution < 1.29 is 0 Å². The molecule has 0 saturated carbocycles. The molecule has 128 valence electrons. The van der Waals surface area contributed by atoms with E-state index in [0.29, 0.717) is 6.54 Å². The normalized spacial score (nSPS) is 10.8. The molecular formula is C20H20BrN3S. The Hall–Kier alpha value is -1.85. The van der Waals surface area contributed by atoms with Crippen LogP contribution in [0.2, 0.25) is 0 Å². The number of halogens is 1. The molecule has 3 rings (SSSR count). The average molecular weight is 414 g/mol. The predicted octanol–water partition coefficient (Wildman–Crippen LogP) is 5.80. The number of thioether (sulfide) groups is 1. The molecule has 0 unspecified atom stereocenters. The number of hydrogen-bond acceptors (Lipinski definition) is 3. The highest BCUT2D eigenvalue weighted by atomic mass is 79.9. The molecule has 0 bridgehead atoms. The first-order valence-corrected chi connectivity index (χ1v) is 9.85. The Morgan fingerprint density at radius 2 is 1.88 bits per heavy atom. The predicted molar refractivity (Wildman–Crippen MR) is 109 cm³/mol. The summed E-state index contributed by atoms with van der Waals surface area (Å²) in [6.07, 6.45) is 1.84. The van der Waals surface area contributed by atoms with E-state index in [1.54, 1.807) is 11.8 Å². The molecule has 1 aromatic heterocycles. The van der Waals surface area contributed by atoms with Gasteiger partial charge in [0.25, 0.3) is 0 Å². The fourth-order valence-electron chi connectivity index (χ4n) is 2.49. The summed E-state index contributed by atoms with van der Waals surface area (Å²) in [5.74, 6) is 1.73. The number of hydrogen-bond donors (Lipinski definition) is 0. The number of benzene rings is 2. The summed E-state index contributed by atoms with van der Waals surface area (Å²) in [7, 11) is 0. The van der Waals surface area contributed by atoms with E-state index in [0.717, 1.165) is 26.8 Å². The van der Waals surface area contributed by atoms with Gasteiger partial charge < -0.3 is 0 Å². The Morgan fingerprint density at radius 1 is 1.12 bits per heavy atom. The van der Waals surface area contributed by atoms with Gasteiger partial charge in [-0.25, -0.2) is 9.67 Å². The third kappa shape index (κ3) is 4.41. The Kier molecular flexibility index (Phi) is 5.76. The number of aryl methyl sites for hydroxylation is 2. The lowest BCUT2D eigenvalue weighted by molar-refractivity contribution is 0.687. The SMILES string of the molecule is C=CCn1nc(SCc2ccc(C)c(C)c2)nc1-c1ccc(Br)cc1. The maximum absolute atomic E-state index is 4.74. The highest BCUT2D eigenvalue weighted by molar-refractivity contribution is 9.10. The second-order valence-electron chi connectivity index (χ2n) is 5.90. The average Bonchev–Trinajstić information content (AvgIpc) is 3.00. The Bertz CT molecular complexity index is 884. The first-order chi connectivity index (χ1) is 12.1. The minimum absolute atomic E-state index is 0.641. The van der Waals surface area contributed by atoms with Crippen LogP contribution in [0.1, 0.15) is 16.7 Å². The van der Waals surface area contributed by atoms with Gasteiger partial charge in [-0.3, -0.25) is 0 Å². The molecule has 0 amide bonds. The van der Waals surface area contributed by atoms with Crippen LogP contribution >= 0.6 is 27.7 Å². The van der Waals surface area contributed by atoms with E-state index in [1.807, 2.05) is 35.0 Å². The van der Waals surface area contributed by atoms with Gasteiger partial charge in [0.2, 0.25) is 5.16 Å². The van der Waals surface area contributed by atoms with Gasteiger partial charge in [0.1, 0.15) is 0 Å². The zero-order chi connectivity index (χ0) is 17.8. The monoisotopic (exact) mass is 413 g/mol. The lowest BCUT2D eigenvalue weighted by Gasteiger charge is -2.03. The maximum Gasteiger partial charge on any atom is 0.209 e. The van der Waals surface area contributed by atoms with Crippen LogP contribution in [0.5, 0.6) is 0 Å². The molecule has 0 saturated heterocycles. The molecule has 3 nitrogen and oxygen atoms in total. The lowest BCUT2D eigenvalue weighted by atomic mass is 10.1. The number of rotatable bonds is 6. The van der Waals surface area contributed by atoms with Gasteiger partial charge >= 0.3 is 0 Å². The summed E-state index contributed by atoms with van der Waals surface area (Å²) >= 11 is 5.13. The smallest absolute Gasteiger partial charge is 0.209 e. The highest BCUT2D eigenvalue weighted by Gasteiger charge is 2.12. The highest BCUT2D eigenvalue weighted by Crippen LogP contribution is 2.26. The molecule has 0 fully saturated rings. The van der Waals surface area contributed by atoms with Crippen molar-refractivity contribution in [3.63, 3.8) is 0 Å². The van der Waals surface area contributed by atoms with Gasteiger partial charge in [0.05, 0.1) is 6.54 Å². The van der Waals surface area contributed by atoms with Crippen molar-refractivity contribution in [1.29, 1.82) is 0 Å². The molecule has 0 atom stereocenters. The molecular weight excluding hydrogens is 394 g/mol. The molecule has 0 aliphatic heterocycles. The van der Waals surface area contributed by atoms with Gasteiger partial charge in [-0.1, -0.05) is 64.1 Å². The van der Waals surface area contributed by atoms with Crippen molar-refractivity contribution in [2.24, 2.45) is 0 Å². The van der Waals surface area contributed by atoms with Gasteiger partial charge in [0, 0.05) is 15.8 Å². The first-order valence-electron chi connectivity index (χ1n) is 8.07. The molecule has 0 aliphatic rings. The van der Waals surface area contributed by atoms with E-state index >= 15 is 0 Å². The number of aromatic nitrogens is 3. The standard InChI is InChI=1S/C20H20BrN3S/c1-4-11-24-19(17-7-9-18(21)10-8-17)22-20(23-24)25-13-16-6-5-14(2)15(3)12-16/h4-10,12H,1,11,13H2,2-3H3. The minimum atomic E-state index is 0.641. The zero-order valence-electron chi connectivity index (χ0n) is 14.4. The first kappa shape index (κ1) is 18.0. The summed E-state index contributed by atoms with van der Waals surface area (Å²) in [6, 6.07) is 14.7. The van der Waals surface area contributed by atoms with Crippen LogP contribution in [0.15, 0.2) is 64.7 Å². The Labute approximate surface area is 161 Å². The van der Waals surface area contributed by atoms with E-state index in [2.05, 4.69) is 59.7 Å². The minimum Gasteiger partial charge on any atom is -0.241 e. The van der Waals surface area contributed by atoms with Crippen LogP contribution in [-0.2, 0) is 12.3 Å². The van der Waals surface area contributed by atoms with Crippen LogP contribution in [0.4, 0.5) is 0 Å². The summed E-state index contributed by atoms with van der Waals surface area (Å²) in [4.78, 5) is 4.74. The summed E-state index contributed by atoms with van der Waals surface area (Å²) in [5, 5.41) is 5.43. The molecule has 0 radical (unpaired) electrons. The van der Waals surface area contributed by atoms with Crippen molar-refractivity contribution >= 4 is 27.7 Å². The number of nitrogens with zero attached hydrogens (tertiary/aromatic N) is 3. The van der Waals surface area contributed by atoms with Crippen LogP contribution in [0.25, 0.3) is 11.4 Å². The third-order valence-electron chi connectivity index (χ3n) is 4.00. The molecule has 25 heavy (non-hydrogen) atoms. The topological polar surface area (TPSA) is 30.7 Å². The number of allylic oxidation sites excluding steroid dienone is 1. The third-order valence-corrected chi connectivity index (χ3v) is 5.43. The molecule has 0 spiro atoms. The van der Waals surface area contributed by atoms with E-state index in [-0.39, 0.29) is 0 Å². The van der Waals surface area contributed by atoms with Crippen molar-refractivity contribution in [2.45, 2.75) is 31.3 Å². The van der Waals surface area contributed by atoms with Crippen molar-refractivity contribution in [2.75, 3.05) is 0 Å². The molecule has 1 heterocycles. The fraction of sp³-hybridized carbons (Fsp3) is 0.200. The fourth-order valence-corrected chi connectivity index (χ4v) is 3.53. The second-order valence-corrected chi connectivity index (χ2v) is 7.76. The van der Waals surface area contributed by atoms with Crippen LogP contribution in [0.3, 0.4) is 0 Å². The van der Waals surface area contributed by atoms with E-state index < -0.39 is 0 Å². The second kappa shape index (κ2) is 8.02. The van der Waals surface area contributed by atoms with E-state index in [9.17, 15) is 0 Å². The molecule has 3 aromatic rings. The van der Waals surface area contributed by atoms with Crippen molar-refractivity contribution in [3.05, 3.63) is 76.3 Å². The molecule has 2 aromatic carbocycles. The van der Waals surface area contributed by atoms with Crippen LogP contribution < -0.4 is 0 Å².